The summed E-state index contributed by atoms with van der Waals surface area (Å²) >= 11 is 0. The van der Waals surface area contributed by atoms with Gasteiger partial charge in [0.25, 0.3) is 10.1 Å². The number of unbranched alkanes of at least 4 members (excludes halogenated alkanes) is 13. The minimum Gasteiger partial charge on any atom is -0.548 e. The zero-order valence-electron chi connectivity index (χ0n) is 17.1. The molecular weight excluding hydrogens is 363 g/mol. The summed E-state index contributed by atoms with van der Waals surface area (Å²) < 4.78 is 29.3. The maximum absolute atomic E-state index is 11.2. The fourth-order valence-electron chi connectivity index (χ4n) is 2.99. The van der Waals surface area contributed by atoms with Gasteiger partial charge in [-0.2, -0.15) is 8.42 Å². The molecule has 0 saturated heterocycles. The van der Waals surface area contributed by atoms with Gasteiger partial charge in [0.2, 0.25) is 0 Å². The molecule has 0 spiro atoms. The van der Waals surface area contributed by atoms with E-state index in [1.165, 1.54) is 64.2 Å². The number of carboxylic acids is 1. The van der Waals surface area contributed by atoms with Crippen molar-refractivity contribution in [3.63, 3.8) is 0 Å². The molecule has 5 nitrogen and oxygen atoms in total. The quantitative estimate of drug-likeness (QED) is 0.225. The van der Waals surface area contributed by atoms with E-state index in [4.69, 9.17) is 4.55 Å². The van der Waals surface area contributed by atoms with Crippen LogP contribution in [0.4, 0.5) is 0 Å². The molecule has 0 aliphatic heterocycles. The smallest absolute Gasteiger partial charge is 0.548 e. The minimum absolute atomic E-state index is 0. The van der Waals surface area contributed by atoms with Crippen molar-refractivity contribution >= 4 is 16.1 Å². The first-order valence-electron chi connectivity index (χ1n) is 9.94. The minimum atomic E-state index is -4.64. The molecule has 26 heavy (non-hydrogen) atoms. The van der Waals surface area contributed by atoms with Crippen molar-refractivity contribution < 1.29 is 52.4 Å². The molecule has 1 unspecified atom stereocenters. The normalized spacial score (nSPS) is 13.8. The van der Waals surface area contributed by atoms with Crippen LogP contribution < -0.4 is 34.7 Å². The Morgan fingerprint density at radius 2 is 1.12 bits per heavy atom. The summed E-state index contributed by atoms with van der Waals surface area (Å²) in [5, 5.41) is 11.0. The molecule has 0 aliphatic carbocycles. The first-order chi connectivity index (χ1) is 11.8. The van der Waals surface area contributed by atoms with Gasteiger partial charge < -0.3 is 9.90 Å². The van der Waals surface area contributed by atoms with Crippen molar-refractivity contribution in [3.8, 4) is 0 Å². The molecule has 0 aliphatic rings. The average molecular weight is 401 g/mol. The summed E-state index contributed by atoms with van der Waals surface area (Å²) in [6.45, 7) is 3.25. The first kappa shape index (κ1) is 28.6. The Labute approximate surface area is 182 Å². The van der Waals surface area contributed by atoms with Crippen LogP contribution in [0, 0.1) is 0 Å². The third-order valence-corrected chi connectivity index (χ3v) is 6.52. The molecule has 0 fully saturated rings. The third kappa shape index (κ3) is 12.7. The van der Waals surface area contributed by atoms with Crippen molar-refractivity contribution in [2.24, 2.45) is 0 Å². The molecule has 0 amide bonds. The van der Waals surface area contributed by atoms with Gasteiger partial charge in [-0.1, -0.05) is 96.8 Å². The molecule has 0 aromatic carbocycles. The Kier molecular flexibility index (Phi) is 18.0. The standard InChI is InChI=1S/C19H38O5S.Na/c1-3-4-5-6-7-8-9-10-11-12-13-14-15-16-17-19(2,18(20)21)25(22,23)24;/h3-17H2,1-2H3,(H,20,21)(H,22,23,24);/q;+1/p-1. The van der Waals surface area contributed by atoms with Gasteiger partial charge in [0, 0.05) is 0 Å². The van der Waals surface area contributed by atoms with E-state index in [1.54, 1.807) is 0 Å². The van der Waals surface area contributed by atoms with E-state index in [0.717, 1.165) is 26.2 Å². The van der Waals surface area contributed by atoms with E-state index in [2.05, 4.69) is 6.92 Å². The van der Waals surface area contributed by atoms with E-state index in [9.17, 15) is 18.3 Å². The molecule has 0 rings (SSSR count). The van der Waals surface area contributed by atoms with Crippen LogP contribution >= 0.6 is 0 Å². The summed E-state index contributed by atoms with van der Waals surface area (Å²) in [6, 6.07) is 0. The zero-order valence-corrected chi connectivity index (χ0v) is 19.9. The first-order valence-corrected chi connectivity index (χ1v) is 11.4. The summed E-state index contributed by atoms with van der Waals surface area (Å²) in [7, 11) is -4.64. The fraction of sp³-hybridized carbons (Fsp3) is 0.947. The fourth-order valence-corrected chi connectivity index (χ4v) is 3.61. The summed E-state index contributed by atoms with van der Waals surface area (Å²) in [6.07, 6.45) is 16.2. The number of hydrogen-bond acceptors (Lipinski definition) is 4. The van der Waals surface area contributed by atoms with Crippen molar-refractivity contribution in [1.29, 1.82) is 0 Å². The Balaban J connectivity index is 0. The summed E-state index contributed by atoms with van der Waals surface area (Å²) in [5.41, 5.74) is 0. The van der Waals surface area contributed by atoms with Gasteiger partial charge in [0.1, 0.15) is 4.75 Å². The van der Waals surface area contributed by atoms with E-state index in [0.29, 0.717) is 6.42 Å². The number of carbonyl (C=O) groups excluding carboxylic acids is 1. The number of hydrogen-bond donors (Lipinski definition) is 1. The molecule has 0 bridgehead atoms. The van der Waals surface area contributed by atoms with Gasteiger partial charge in [-0.3, -0.25) is 4.55 Å². The van der Waals surface area contributed by atoms with E-state index in [1.807, 2.05) is 0 Å². The Morgan fingerprint density at radius 1 is 0.808 bits per heavy atom. The average Bonchev–Trinajstić information content (AvgIpc) is 2.53. The molecular formula is C19H37NaO5S. The van der Waals surface area contributed by atoms with Gasteiger partial charge in [-0.25, -0.2) is 0 Å². The molecule has 0 radical (unpaired) electrons. The van der Waals surface area contributed by atoms with Crippen molar-refractivity contribution in [2.45, 2.75) is 115 Å². The van der Waals surface area contributed by atoms with Gasteiger partial charge in [0.05, 0.1) is 5.97 Å². The molecule has 150 valence electrons. The number of carbonyl (C=O) groups is 1. The maximum Gasteiger partial charge on any atom is 1.00 e. The van der Waals surface area contributed by atoms with Crippen LogP contribution in [0.2, 0.25) is 0 Å². The molecule has 1 N–H and O–H groups in total. The Morgan fingerprint density at radius 3 is 1.38 bits per heavy atom. The predicted molar refractivity (Wildman–Crippen MR) is 99.9 cm³/mol. The van der Waals surface area contributed by atoms with Gasteiger partial charge in [-0.15, -0.1) is 0 Å². The van der Waals surface area contributed by atoms with Crippen LogP contribution in [-0.2, 0) is 14.9 Å². The molecule has 0 saturated carbocycles. The molecule has 7 heteroatoms. The monoisotopic (exact) mass is 400 g/mol. The van der Waals surface area contributed by atoms with Crippen molar-refractivity contribution in [3.05, 3.63) is 0 Å². The zero-order chi connectivity index (χ0) is 19.2. The van der Waals surface area contributed by atoms with Crippen LogP contribution in [0.5, 0.6) is 0 Å². The molecule has 0 aromatic rings. The van der Waals surface area contributed by atoms with Gasteiger partial charge in [0.15, 0.2) is 0 Å². The predicted octanol–water partition coefficient (Wildman–Crippen LogP) is 1.26. The number of carboxylic acid groups (broad SMARTS) is 1. The molecule has 1 atom stereocenters. The molecule has 0 aromatic heterocycles. The number of rotatable bonds is 17. The van der Waals surface area contributed by atoms with Crippen LogP contribution in [0.1, 0.15) is 110 Å². The van der Waals surface area contributed by atoms with E-state index >= 15 is 0 Å². The van der Waals surface area contributed by atoms with Crippen LogP contribution in [-0.4, -0.2) is 23.7 Å². The second-order valence-electron chi connectivity index (χ2n) is 7.34. The Hall–Kier alpha value is 0.380. The Bertz CT molecular complexity index is 453. The third-order valence-electron chi connectivity index (χ3n) is 5.01. The number of aliphatic carboxylic acids is 1. The second-order valence-corrected chi connectivity index (χ2v) is 9.19. The summed E-state index contributed by atoms with van der Waals surface area (Å²) in [4.78, 5) is 11.0. The van der Waals surface area contributed by atoms with Crippen molar-refractivity contribution in [1.82, 2.24) is 0 Å². The maximum atomic E-state index is 11.2. The van der Waals surface area contributed by atoms with Crippen molar-refractivity contribution in [2.75, 3.05) is 0 Å². The van der Waals surface area contributed by atoms with Crippen LogP contribution in [0.3, 0.4) is 0 Å². The second kappa shape index (κ2) is 16.3. The van der Waals surface area contributed by atoms with Gasteiger partial charge >= 0.3 is 29.6 Å². The van der Waals surface area contributed by atoms with Crippen LogP contribution in [0.15, 0.2) is 0 Å². The topological polar surface area (TPSA) is 94.5 Å². The van der Waals surface area contributed by atoms with Gasteiger partial charge in [-0.05, 0) is 13.3 Å². The SMILES string of the molecule is CCCCCCCCCCCCCCCCC(C)(C(=O)[O-])S(=O)(=O)O.[Na+]. The van der Waals surface area contributed by atoms with E-state index in [-0.39, 0.29) is 36.0 Å². The van der Waals surface area contributed by atoms with Crippen LogP contribution in [0.25, 0.3) is 0 Å². The largest absolute Gasteiger partial charge is 1.00 e. The summed E-state index contributed by atoms with van der Waals surface area (Å²) in [5.74, 6) is -1.73. The molecule has 0 heterocycles. The van der Waals surface area contributed by atoms with E-state index < -0.39 is 20.8 Å².